The smallest absolute Gasteiger partial charge is 0.160 e. The Morgan fingerprint density at radius 3 is 1.84 bits per heavy atom. The van der Waals surface area contributed by atoms with Crippen molar-refractivity contribution in [1.82, 2.24) is 14.5 Å². The van der Waals surface area contributed by atoms with E-state index in [1.807, 2.05) is 0 Å². The summed E-state index contributed by atoms with van der Waals surface area (Å²) in [5, 5.41) is 9.21. The average molecular weight is 740 g/mol. The number of nitrogens with zero attached hydrogens (tertiary/aromatic N) is 3. The second kappa shape index (κ2) is 12.9. The van der Waals surface area contributed by atoms with Gasteiger partial charge in [0.25, 0.3) is 0 Å². The summed E-state index contributed by atoms with van der Waals surface area (Å²) in [7, 11) is 0. The topological polar surface area (TPSA) is 43.9 Å². The highest BCUT2D eigenvalue weighted by molar-refractivity contribution is 6.14. The summed E-state index contributed by atoms with van der Waals surface area (Å²) in [6.45, 7) is 0. The molecule has 3 aromatic heterocycles. The Labute approximate surface area is 333 Å². The molecule has 0 amide bonds. The minimum atomic E-state index is 0.680. The lowest BCUT2D eigenvalue weighted by Crippen LogP contribution is -1.96. The van der Waals surface area contributed by atoms with Crippen LogP contribution in [0.15, 0.2) is 205 Å². The molecular weight excluding hydrogens is 707 g/mol. The number of hydrogen-bond acceptors (Lipinski definition) is 3. The monoisotopic (exact) mass is 739 g/mol. The van der Waals surface area contributed by atoms with Gasteiger partial charge in [-0.2, -0.15) is 0 Å². The fourth-order valence-electron chi connectivity index (χ4n) is 8.77. The molecule has 58 heavy (non-hydrogen) atoms. The van der Waals surface area contributed by atoms with Crippen LogP contribution in [0.2, 0.25) is 0 Å². The van der Waals surface area contributed by atoms with Crippen LogP contribution in [0.25, 0.3) is 116 Å². The summed E-state index contributed by atoms with van der Waals surface area (Å²) >= 11 is 0. The first kappa shape index (κ1) is 32.4. The molecule has 0 spiro atoms. The van der Waals surface area contributed by atoms with E-state index in [2.05, 4.69) is 205 Å². The highest BCUT2D eigenvalue weighted by atomic mass is 16.3. The third kappa shape index (κ3) is 5.23. The van der Waals surface area contributed by atoms with E-state index in [0.29, 0.717) is 5.82 Å². The highest BCUT2D eigenvalue weighted by Crippen LogP contribution is 2.41. The van der Waals surface area contributed by atoms with Gasteiger partial charge in [-0.25, -0.2) is 9.97 Å². The molecule has 0 unspecified atom stereocenters. The van der Waals surface area contributed by atoms with Crippen LogP contribution in [-0.2, 0) is 0 Å². The minimum absolute atomic E-state index is 0.680. The fraction of sp³-hybridized carbons (Fsp3) is 0. The molecule has 0 saturated carbocycles. The SMILES string of the molecule is c1ccc(-c2ccc3c4ccccc4n(-c4ccc5c(c4)oc4cccc(-c6cc(-c7ccc8ccccc8c7)nc(-c7ccc8ccccc8c7)n6)c45)c3c2)cc1. The van der Waals surface area contributed by atoms with Gasteiger partial charge in [-0.1, -0.05) is 146 Å². The van der Waals surface area contributed by atoms with Crippen molar-refractivity contribution in [3.8, 4) is 50.7 Å². The predicted octanol–water partition coefficient (Wildman–Crippen LogP) is 14.4. The predicted molar refractivity (Wildman–Crippen MR) is 240 cm³/mol. The number of fused-ring (bicyclic) bond motifs is 8. The molecule has 0 atom stereocenters. The van der Waals surface area contributed by atoms with Crippen LogP contribution >= 0.6 is 0 Å². The molecule has 270 valence electrons. The molecule has 12 rings (SSSR count). The van der Waals surface area contributed by atoms with Gasteiger partial charge in [-0.15, -0.1) is 0 Å². The van der Waals surface area contributed by atoms with E-state index in [9.17, 15) is 0 Å². The normalized spacial score (nSPS) is 11.8. The Morgan fingerprint density at radius 1 is 0.362 bits per heavy atom. The zero-order valence-corrected chi connectivity index (χ0v) is 31.3. The number of para-hydroxylation sites is 1. The number of hydrogen-bond donors (Lipinski definition) is 0. The summed E-state index contributed by atoms with van der Waals surface area (Å²) in [4.78, 5) is 10.5. The van der Waals surface area contributed by atoms with E-state index in [1.54, 1.807) is 0 Å². The van der Waals surface area contributed by atoms with Crippen molar-refractivity contribution in [3.63, 3.8) is 0 Å². The van der Waals surface area contributed by atoms with E-state index in [4.69, 9.17) is 14.4 Å². The molecule has 0 aliphatic heterocycles. The first-order valence-electron chi connectivity index (χ1n) is 19.6. The minimum Gasteiger partial charge on any atom is -0.456 e. The zero-order valence-electron chi connectivity index (χ0n) is 31.3. The van der Waals surface area contributed by atoms with Crippen LogP contribution in [0.5, 0.6) is 0 Å². The Bertz CT molecular complexity index is 3480. The molecule has 4 heteroatoms. The standard InChI is InChI=1S/C54H33N3O/c1-2-11-34(12-3-1)39-25-27-44-43-17-8-9-19-49(43)57(50(44)31-39)42-26-28-46-52(32-42)58-51-20-10-18-45(53(46)51)48-33-47(40-23-21-35-13-4-6-15-37(35)29-40)55-54(56-48)41-24-22-36-14-5-7-16-38(36)30-41/h1-33H. The summed E-state index contributed by atoms with van der Waals surface area (Å²) in [5.41, 5.74) is 12.1. The van der Waals surface area contributed by atoms with Crippen molar-refractivity contribution in [1.29, 1.82) is 0 Å². The van der Waals surface area contributed by atoms with Crippen molar-refractivity contribution >= 4 is 65.3 Å². The molecular formula is C54H33N3O. The van der Waals surface area contributed by atoms with Crippen LogP contribution in [0.1, 0.15) is 0 Å². The van der Waals surface area contributed by atoms with Crippen molar-refractivity contribution in [2.24, 2.45) is 0 Å². The van der Waals surface area contributed by atoms with Gasteiger partial charge >= 0.3 is 0 Å². The molecule has 9 aromatic carbocycles. The van der Waals surface area contributed by atoms with Gasteiger partial charge in [0, 0.05) is 50.0 Å². The maximum absolute atomic E-state index is 6.74. The lowest BCUT2D eigenvalue weighted by Gasteiger charge is -2.11. The van der Waals surface area contributed by atoms with Crippen molar-refractivity contribution in [3.05, 3.63) is 200 Å². The molecule has 0 aliphatic carbocycles. The van der Waals surface area contributed by atoms with Gasteiger partial charge in [0.2, 0.25) is 0 Å². The maximum Gasteiger partial charge on any atom is 0.160 e. The zero-order chi connectivity index (χ0) is 38.2. The molecule has 0 bridgehead atoms. The van der Waals surface area contributed by atoms with Gasteiger partial charge in [0.05, 0.1) is 22.4 Å². The molecule has 0 aliphatic rings. The molecule has 0 radical (unpaired) electrons. The van der Waals surface area contributed by atoms with E-state index >= 15 is 0 Å². The van der Waals surface area contributed by atoms with Crippen LogP contribution in [0.3, 0.4) is 0 Å². The quantitative estimate of drug-likeness (QED) is 0.177. The lowest BCUT2D eigenvalue weighted by molar-refractivity contribution is 0.668. The molecule has 12 aromatic rings. The summed E-state index contributed by atoms with van der Waals surface area (Å²) in [6.07, 6.45) is 0. The van der Waals surface area contributed by atoms with Crippen molar-refractivity contribution in [2.75, 3.05) is 0 Å². The van der Waals surface area contributed by atoms with Crippen molar-refractivity contribution in [2.45, 2.75) is 0 Å². The van der Waals surface area contributed by atoms with E-state index in [1.165, 1.54) is 38.1 Å². The lowest BCUT2D eigenvalue weighted by atomic mass is 10.00. The van der Waals surface area contributed by atoms with Gasteiger partial charge < -0.3 is 8.98 Å². The largest absolute Gasteiger partial charge is 0.456 e. The van der Waals surface area contributed by atoms with Crippen LogP contribution in [0, 0.1) is 0 Å². The van der Waals surface area contributed by atoms with Crippen LogP contribution in [-0.4, -0.2) is 14.5 Å². The fourth-order valence-corrected chi connectivity index (χ4v) is 8.77. The Morgan fingerprint density at radius 2 is 1.02 bits per heavy atom. The van der Waals surface area contributed by atoms with Gasteiger partial charge in [0.15, 0.2) is 5.82 Å². The first-order chi connectivity index (χ1) is 28.7. The van der Waals surface area contributed by atoms with Gasteiger partial charge in [0.1, 0.15) is 11.2 Å². The summed E-state index contributed by atoms with van der Waals surface area (Å²) in [6, 6.07) is 70.9. The third-order valence-corrected chi connectivity index (χ3v) is 11.6. The van der Waals surface area contributed by atoms with E-state index < -0.39 is 0 Å². The van der Waals surface area contributed by atoms with Crippen molar-refractivity contribution < 1.29 is 4.42 Å². The van der Waals surface area contributed by atoms with Crippen LogP contribution < -0.4 is 0 Å². The third-order valence-electron chi connectivity index (χ3n) is 11.6. The summed E-state index contributed by atoms with van der Waals surface area (Å²) in [5.74, 6) is 0.680. The number of furan rings is 1. The second-order valence-corrected chi connectivity index (χ2v) is 15.0. The van der Waals surface area contributed by atoms with Gasteiger partial charge in [-0.05, 0) is 81.2 Å². The van der Waals surface area contributed by atoms with E-state index in [-0.39, 0.29) is 0 Å². The Kier molecular flexibility index (Phi) is 7.20. The average Bonchev–Trinajstić information content (AvgIpc) is 3.84. The van der Waals surface area contributed by atoms with Gasteiger partial charge in [-0.3, -0.25) is 0 Å². The molecule has 3 heterocycles. The Balaban J connectivity index is 1.05. The van der Waals surface area contributed by atoms with E-state index in [0.717, 1.165) is 72.1 Å². The Hall–Kier alpha value is -7.82. The highest BCUT2D eigenvalue weighted by Gasteiger charge is 2.19. The molecule has 4 nitrogen and oxygen atoms in total. The summed E-state index contributed by atoms with van der Waals surface area (Å²) < 4.78 is 9.10. The molecule has 0 saturated heterocycles. The number of rotatable bonds is 5. The molecule has 0 N–H and O–H groups in total. The second-order valence-electron chi connectivity index (χ2n) is 15.0. The maximum atomic E-state index is 6.74. The molecule has 0 fully saturated rings. The number of benzene rings is 9. The van der Waals surface area contributed by atoms with Crippen LogP contribution in [0.4, 0.5) is 0 Å². The number of aromatic nitrogens is 3. The first-order valence-corrected chi connectivity index (χ1v) is 19.6.